The van der Waals surface area contributed by atoms with E-state index in [1.165, 1.54) is 0 Å². The minimum atomic E-state index is -0.470. The molecule has 0 aliphatic heterocycles. The van der Waals surface area contributed by atoms with Crippen molar-refractivity contribution in [3.63, 3.8) is 0 Å². The summed E-state index contributed by atoms with van der Waals surface area (Å²) >= 11 is 1.62. The average Bonchev–Trinajstić information content (AvgIpc) is 2.83. The summed E-state index contributed by atoms with van der Waals surface area (Å²) in [5.74, 6) is 0.826. The molecule has 1 atom stereocenters. The molecule has 0 aromatic carbocycles. The van der Waals surface area contributed by atoms with E-state index in [0.717, 1.165) is 29.5 Å². The summed E-state index contributed by atoms with van der Waals surface area (Å²) in [6.07, 6.45) is 2.72. The van der Waals surface area contributed by atoms with Crippen LogP contribution in [0.15, 0.2) is 29.6 Å². The van der Waals surface area contributed by atoms with E-state index < -0.39 is 5.54 Å². The maximum Gasteiger partial charge on any atom is 0.195 e. The lowest BCUT2D eigenvalue weighted by Crippen LogP contribution is -2.41. The summed E-state index contributed by atoms with van der Waals surface area (Å²) in [6.45, 7) is 4.73. The zero-order valence-electron chi connectivity index (χ0n) is 11.1. The molecule has 6 heteroatoms. The van der Waals surface area contributed by atoms with E-state index in [2.05, 4.69) is 21.6 Å². The molecule has 0 saturated carbocycles. The summed E-state index contributed by atoms with van der Waals surface area (Å²) in [4.78, 5) is 0. The van der Waals surface area contributed by atoms with Crippen LogP contribution in [-0.2, 0) is 0 Å². The molecular formula is C13H17N5S. The lowest BCUT2D eigenvalue weighted by Gasteiger charge is -2.21. The van der Waals surface area contributed by atoms with Gasteiger partial charge in [-0.05, 0) is 32.0 Å². The fraction of sp³-hybridized carbons (Fsp3) is 0.462. The Bertz CT molecular complexity index is 588. The largest absolute Gasteiger partial charge is 0.300 e. The normalized spacial score (nSPS) is 14.2. The first-order valence-electron chi connectivity index (χ1n) is 6.27. The first-order chi connectivity index (χ1) is 9.18. The first-order valence-corrected chi connectivity index (χ1v) is 7.26. The summed E-state index contributed by atoms with van der Waals surface area (Å²) in [7, 11) is 0. The van der Waals surface area contributed by atoms with Crippen LogP contribution in [0.3, 0.4) is 0 Å². The number of aromatic nitrogens is 3. The van der Waals surface area contributed by atoms with Gasteiger partial charge in [0.25, 0.3) is 0 Å². The second kappa shape index (κ2) is 6.04. The molecule has 1 N–H and O–H groups in total. The number of hydrogen-bond donors (Lipinski definition) is 1. The van der Waals surface area contributed by atoms with Crippen LogP contribution in [0.5, 0.6) is 0 Å². The molecule has 5 nitrogen and oxygen atoms in total. The molecule has 2 rings (SSSR count). The first kappa shape index (κ1) is 13.8. The Morgan fingerprint density at radius 2 is 2.32 bits per heavy atom. The SMILES string of the molecule is CCNC(C)(C#N)CCSc1nnc2ccccn12. The predicted molar refractivity (Wildman–Crippen MR) is 76.0 cm³/mol. The highest BCUT2D eigenvalue weighted by atomic mass is 32.2. The standard InChI is InChI=1S/C13H17N5S/c1-3-15-13(2,10-14)7-9-19-12-17-16-11-6-4-5-8-18(11)12/h4-6,8,15H,3,7,9H2,1-2H3. The van der Waals surface area contributed by atoms with Crippen LogP contribution in [0, 0.1) is 11.3 Å². The van der Waals surface area contributed by atoms with Gasteiger partial charge in [-0.2, -0.15) is 5.26 Å². The predicted octanol–water partition coefficient (Wildman–Crippen LogP) is 2.10. The van der Waals surface area contributed by atoms with Crippen molar-refractivity contribution in [3.05, 3.63) is 24.4 Å². The van der Waals surface area contributed by atoms with E-state index in [1.54, 1.807) is 11.8 Å². The monoisotopic (exact) mass is 275 g/mol. The fourth-order valence-corrected chi connectivity index (χ4v) is 2.92. The maximum absolute atomic E-state index is 9.19. The molecule has 1 unspecified atom stereocenters. The third-order valence-corrected chi connectivity index (χ3v) is 3.87. The molecule has 0 fully saturated rings. The van der Waals surface area contributed by atoms with Crippen LogP contribution >= 0.6 is 11.8 Å². The number of nitrogens with one attached hydrogen (secondary N) is 1. The van der Waals surface area contributed by atoms with Crippen LogP contribution in [-0.4, -0.2) is 32.4 Å². The van der Waals surface area contributed by atoms with Crippen molar-refractivity contribution in [1.29, 1.82) is 5.26 Å². The van der Waals surface area contributed by atoms with Crippen LogP contribution in [0.4, 0.5) is 0 Å². The lowest BCUT2D eigenvalue weighted by atomic mass is 10.0. The highest BCUT2D eigenvalue weighted by Gasteiger charge is 2.22. The van der Waals surface area contributed by atoms with Crippen LogP contribution in [0.2, 0.25) is 0 Å². The lowest BCUT2D eigenvalue weighted by molar-refractivity contribution is 0.450. The van der Waals surface area contributed by atoms with Crippen molar-refractivity contribution >= 4 is 17.4 Å². The molecule has 0 spiro atoms. The topological polar surface area (TPSA) is 66.0 Å². The van der Waals surface area contributed by atoms with Gasteiger partial charge in [0.05, 0.1) is 6.07 Å². The Labute approximate surface area is 117 Å². The Morgan fingerprint density at radius 3 is 3.05 bits per heavy atom. The quantitative estimate of drug-likeness (QED) is 0.818. The molecule has 0 aliphatic carbocycles. The van der Waals surface area contributed by atoms with Crippen molar-refractivity contribution in [1.82, 2.24) is 19.9 Å². The second-order valence-corrected chi connectivity index (χ2v) is 5.55. The minimum absolute atomic E-state index is 0.470. The molecule has 0 saturated heterocycles. The Balaban J connectivity index is 1.98. The van der Waals surface area contributed by atoms with Gasteiger partial charge < -0.3 is 0 Å². The van der Waals surface area contributed by atoms with E-state index in [9.17, 15) is 5.26 Å². The number of fused-ring (bicyclic) bond motifs is 1. The maximum atomic E-state index is 9.19. The summed E-state index contributed by atoms with van der Waals surface area (Å²) in [6, 6.07) is 8.15. The van der Waals surface area contributed by atoms with E-state index in [-0.39, 0.29) is 0 Å². The van der Waals surface area contributed by atoms with Crippen molar-refractivity contribution < 1.29 is 0 Å². The molecule has 0 bridgehead atoms. The number of thioether (sulfide) groups is 1. The molecule has 2 aromatic rings. The molecule has 0 amide bonds. The van der Waals surface area contributed by atoms with Crippen LogP contribution in [0.1, 0.15) is 20.3 Å². The zero-order chi connectivity index (χ0) is 13.7. The van der Waals surface area contributed by atoms with Crippen molar-refractivity contribution in [3.8, 4) is 6.07 Å². The average molecular weight is 275 g/mol. The number of hydrogen-bond acceptors (Lipinski definition) is 5. The summed E-state index contributed by atoms with van der Waals surface area (Å²) < 4.78 is 1.96. The van der Waals surface area contributed by atoms with E-state index in [1.807, 2.05) is 42.6 Å². The van der Waals surface area contributed by atoms with E-state index in [4.69, 9.17) is 0 Å². The van der Waals surface area contributed by atoms with Gasteiger partial charge >= 0.3 is 0 Å². The Hall–Kier alpha value is -1.58. The molecule has 0 aliphatic rings. The highest BCUT2D eigenvalue weighted by molar-refractivity contribution is 7.99. The van der Waals surface area contributed by atoms with Crippen molar-refractivity contribution in [2.75, 3.05) is 12.3 Å². The third kappa shape index (κ3) is 3.25. The number of nitrogens with zero attached hydrogens (tertiary/aromatic N) is 4. The Morgan fingerprint density at radius 1 is 1.47 bits per heavy atom. The van der Waals surface area contributed by atoms with Gasteiger partial charge in [0.15, 0.2) is 10.8 Å². The molecule has 2 heterocycles. The molecule has 19 heavy (non-hydrogen) atoms. The number of rotatable bonds is 6. The van der Waals surface area contributed by atoms with Gasteiger partial charge in [-0.15, -0.1) is 10.2 Å². The second-order valence-electron chi connectivity index (χ2n) is 4.48. The zero-order valence-corrected chi connectivity index (χ0v) is 11.9. The van der Waals surface area contributed by atoms with Gasteiger partial charge in [0.1, 0.15) is 5.54 Å². The number of pyridine rings is 1. The third-order valence-electron chi connectivity index (χ3n) is 2.93. The van der Waals surface area contributed by atoms with Crippen LogP contribution < -0.4 is 5.32 Å². The van der Waals surface area contributed by atoms with Crippen molar-refractivity contribution in [2.24, 2.45) is 0 Å². The van der Waals surface area contributed by atoms with Crippen molar-refractivity contribution in [2.45, 2.75) is 31.0 Å². The highest BCUT2D eigenvalue weighted by Crippen LogP contribution is 2.20. The van der Waals surface area contributed by atoms with Gasteiger partial charge in [-0.25, -0.2) is 0 Å². The van der Waals surface area contributed by atoms with Crippen LogP contribution in [0.25, 0.3) is 5.65 Å². The fourth-order valence-electron chi connectivity index (χ4n) is 1.84. The van der Waals surface area contributed by atoms with Gasteiger partial charge in [0, 0.05) is 11.9 Å². The number of nitriles is 1. The molecular weight excluding hydrogens is 258 g/mol. The Kier molecular flexibility index (Phi) is 4.40. The molecule has 0 radical (unpaired) electrons. The van der Waals surface area contributed by atoms with E-state index >= 15 is 0 Å². The molecule has 2 aromatic heterocycles. The van der Waals surface area contributed by atoms with E-state index in [0.29, 0.717) is 0 Å². The van der Waals surface area contributed by atoms with Gasteiger partial charge in [-0.3, -0.25) is 9.72 Å². The smallest absolute Gasteiger partial charge is 0.195 e. The van der Waals surface area contributed by atoms with Gasteiger partial charge in [0.2, 0.25) is 0 Å². The summed E-state index contributed by atoms with van der Waals surface area (Å²) in [5, 5.41) is 21.5. The molecule has 100 valence electrons. The minimum Gasteiger partial charge on any atom is -0.300 e. The van der Waals surface area contributed by atoms with Gasteiger partial charge in [-0.1, -0.05) is 24.8 Å². The summed E-state index contributed by atoms with van der Waals surface area (Å²) in [5.41, 5.74) is 0.377.